The van der Waals surface area contributed by atoms with Gasteiger partial charge in [0.05, 0.1) is 0 Å². The summed E-state index contributed by atoms with van der Waals surface area (Å²) in [6, 6.07) is 6.43. The quantitative estimate of drug-likeness (QED) is 0.755. The number of hydrogen-bond acceptors (Lipinski definition) is 1. The van der Waals surface area contributed by atoms with Gasteiger partial charge in [0, 0.05) is 24.4 Å². The van der Waals surface area contributed by atoms with E-state index in [1.807, 2.05) is 6.07 Å². The van der Waals surface area contributed by atoms with Crippen LogP contribution < -0.4 is 0 Å². The van der Waals surface area contributed by atoms with Crippen LogP contribution in [0.4, 0.5) is 8.78 Å². The molecule has 0 aliphatic heterocycles. The molecule has 0 bridgehead atoms. The number of rotatable bonds is 2. The molecule has 1 aromatic heterocycles. The maximum Gasteiger partial charge on any atom is 0.132 e. The largest absolute Gasteiger partial charge is 0.264 e. The van der Waals surface area contributed by atoms with Crippen LogP contribution in [-0.2, 0) is 6.42 Å². The lowest BCUT2D eigenvalue weighted by Crippen LogP contribution is -1.98. The number of nitrogens with zero attached hydrogens (tertiary/aromatic N) is 1. The van der Waals surface area contributed by atoms with Gasteiger partial charge in [-0.25, -0.2) is 8.78 Å². The topological polar surface area (TPSA) is 12.9 Å². The SMILES string of the molecule is Cc1c(F)ccc(Cc2cccnc2)c1F. The molecule has 1 aromatic carbocycles. The normalized spacial score (nSPS) is 10.4. The minimum Gasteiger partial charge on any atom is -0.264 e. The molecular formula is C13H11F2N. The molecule has 0 N–H and O–H groups in total. The Morgan fingerprint density at radius 1 is 1.19 bits per heavy atom. The van der Waals surface area contributed by atoms with Crippen LogP contribution in [0, 0.1) is 18.6 Å². The highest BCUT2D eigenvalue weighted by Gasteiger charge is 2.09. The Balaban J connectivity index is 2.33. The summed E-state index contributed by atoms with van der Waals surface area (Å²) in [6.45, 7) is 1.44. The van der Waals surface area contributed by atoms with E-state index in [0.29, 0.717) is 12.0 Å². The van der Waals surface area contributed by atoms with Crippen LogP contribution in [0.3, 0.4) is 0 Å². The van der Waals surface area contributed by atoms with E-state index in [9.17, 15) is 8.78 Å². The molecule has 16 heavy (non-hydrogen) atoms. The first-order valence-electron chi connectivity index (χ1n) is 5.01. The van der Waals surface area contributed by atoms with Gasteiger partial charge in [0.15, 0.2) is 0 Å². The fourth-order valence-electron chi connectivity index (χ4n) is 1.58. The molecule has 3 heteroatoms. The summed E-state index contributed by atoms with van der Waals surface area (Å²) < 4.78 is 26.7. The molecule has 1 heterocycles. The Kier molecular flexibility index (Phi) is 2.95. The zero-order valence-electron chi connectivity index (χ0n) is 8.87. The number of hydrogen-bond donors (Lipinski definition) is 0. The third kappa shape index (κ3) is 2.08. The van der Waals surface area contributed by atoms with Gasteiger partial charge in [-0.05, 0) is 30.2 Å². The Labute approximate surface area is 92.8 Å². The van der Waals surface area contributed by atoms with Crippen molar-refractivity contribution in [3.63, 3.8) is 0 Å². The predicted octanol–water partition coefficient (Wildman–Crippen LogP) is 3.26. The van der Waals surface area contributed by atoms with Crippen molar-refractivity contribution in [1.82, 2.24) is 4.98 Å². The molecule has 0 radical (unpaired) electrons. The molecular weight excluding hydrogens is 208 g/mol. The molecule has 0 unspecified atom stereocenters. The second-order valence-corrected chi connectivity index (χ2v) is 3.68. The van der Waals surface area contributed by atoms with Crippen LogP contribution >= 0.6 is 0 Å². The Hall–Kier alpha value is -1.77. The summed E-state index contributed by atoms with van der Waals surface area (Å²) in [7, 11) is 0. The van der Waals surface area contributed by atoms with Crippen molar-refractivity contribution in [3.05, 3.63) is 65.0 Å². The van der Waals surface area contributed by atoms with E-state index in [2.05, 4.69) is 4.98 Å². The van der Waals surface area contributed by atoms with E-state index in [1.54, 1.807) is 18.5 Å². The van der Waals surface area contributed by atoms with E-state index in [-0.39, 0.29) is 5.56 Å². The minimum atomic E-state index is -0.507. The van der Waals surface area contributed by atoms with Gasteiger partial charge in [0.25, 0.3) is 0 Å². The first kappa shape index (κ1) is 10.7. The average Bonchev–Trinajstić information content (AvgIpc) is 2.31. The summed E-state index contributed by atoms with van der Waals surface area (Å²) in [6.07, 6.45) is 3.77. The number of benzene rings is 1. The van der Waals surface area contributed by atoms with Crippen molar-refractivity contribution in [1.29, 1.82) is 0 Å². The van der Waals surface area contributed by atoms with Crippen LogP contribution in [0.15, 0.2) is 36.7 Å². The van der Waals surface area contributed by atoms with Gasteiger partial charge < -0.3 is 0 Å². The molecule has 0 atom stereocenters. The highest BCUT2D eigenvalue weighted by molar-refractivity contribution is 5.30. The standard InChI is InChI=1S/C13H11F2N/c1-9-12(14)5-4-11(13(9)15)7-10-3-2-6-16-8-10/h2-6,8H,7H2,1H3. The molecule has 0 fully saturated rings. The zero-order chi connectivity index (χ0) is 11.5. The van der Waals surface area contributed by atoms with E-state index in [1.165, 1.54) is 19.1 Å². The molecule has 0 saturated heterocycles. The molecule has 82 valence electrons. The molecule has 0 spiro atoms. The Morgan fingerprint density at radius 3 is 2.69 bits per heavy atom. The second-order valence-electron chi connectivity index (χ2n) is 3.68. The van der Waals surface area contributed by atoms with Crippen LogP contribution in [0.5, 0.6) is 0 Å². The van der Waals surface area contributed by atoms with Gasteiger partial charge >= 0.3 is 0 Å². The van der Waals surface area contributed by atoms with Crippen molar-refractivity contribution in [2.75, 3.05) is 0 Å². The van der Waals surface area contributed by atoms with Crippen molar-refractivity contribution in [2.24, 2.45) is 0 Å². The summed E-state index contributed by atoms with van der Waals surface area (Å²) in [4.78, 5) is 3.95. The molecule has 1 nitrogen and oxygen atoms in total. The summed E-state index contributed by atoms with van der Waals surface area (Å²) in [5, 5.41) is 0. The van der Waals surface area contributed by atoms with Crippen LogP contribution in [0.2, 0.25) is 0 Å². The number of halogens is 2. The maximum absolute atomic E-state index is 13.7. The zero-order valence-corrected chi connectivity index (χ0v) is 8.87. The van der Waals surface area contributed by atoms with Crippen LogP contribution in [-0.4, -0.2) is 4.98 Å². The highest BCUT2D eigenvalue weighted by atomic mass is 19.1. The first-order valence-corrected chi connectivity index (χ1v) is 5.01. The van der Waals surface area contributed by atoms with Crippen molar-refractivity contribution >= 4 is 0 Å². The lowest BCUT2D eigenvalue weighted by molar-refractivity contribution is 0.559. The Morgan fingerprint density at radius 2 is 2.00 bits per heavy atom. The van der Waals surface area contributed by atoms with E-state index in [0.717, 1.165) is 5.56 Å². The first-order chi connectivity index (χ1) is 7.68. The van der Waals surface area contributed by atoms with Crippen molar-refractivity contribution in [2.45, 2.75) is 13.3 Å². The summed E-state index contributed by atoms with van der Waals surface area (Å²) in [5.41, 5.74) is 1.47. The molecule has 0 aliphatic carbocycles. The van der Waals surface area contributed by atoms with Gasteiger partial charge in [0.2, 0.25) is 0 Å². The summed E-state index contributed by atoms with van der Waals surface area (Å²) >= 11 is 0. The van der Waals surface area contributed by atoms with Gasteiger partial charge in [-0.2, -0.15) is 0 Å². The molecule has 2 rings (SSSR count). The maximum atomic E-state index is 13.7. The average molecular weight is 219 g/mol. The van der Waals surface area contributed by atoms with Gasteiger partial charge in [-0.1, -0.05) is 12.1 Å². The van der Waals surface area contributed by atoms with Crippen LogP contribution in [0.1, 0.15) is 16.7 Å². The highest BCUT2D eigenvalue weighted by Crippen LogP contribution is 2.18. The fraction of sp³-hybridized carbons (Fsp3) is 0.154. The van der Waals surface area contributed by atoms with E-state index < -0.39 is 11.6 Å². The Bertz CT molecular complexity index is 495. The van der Waals surface area contributed by atoms with Gasteiger partial charge in [-0.15, -0.1) is 0 Å². The van der Waals surface area contributed by atoms with Gasteiger partial charge in [0.1, 0.15) is 11.6 Å². The van der Waals surface area contributed by atoms with Crippen LogP contribution in [0.25, 0.3) is 0 Å². The third-order valence-corrected chi connectivity index (χ3v) is 2.52. The smallest absolute Gasteiger partial charge is 0.132 e. The molecule has 0 saturated carbocycles. The minimum absolute atomic E-state index is 0.0707. The lowest BCUT2D eigenvalue weighted by Gasteiger charge is -2.06. The summed E-state index contributed by atoms with van der Waals surface area (Å²) in [5.74, 6) is -0.976. The number of aromatic nitrogens is 1. The van der Waals surface area contributed by atoms with Gasteiger partial charge in [-0.3, -0.25) is 4.98 Å². The third-order valence-electron chi connectivity index (χ3n) is 2.52. The molecule has 0 amide bonds. The lowest BCUT2D eigenvalue weighted by atomic mass is 10.0. The number of pyridine rings is 1. The van der Waals surface area contributed by atoms with E-state index >= 15 is 0 Å². The van der Waals surface area contributed by atoms with E-state index in [4.69, 9.17) is 0 Å². The van der Waals surface area contributed by atoms with Crippen molar-refractivity contribution in [3.8, 4) is 0 Å². The fourth-order valence-corrected chi connectivity index (χ4v) is 1.58. The molecule has 2 aromatic rings. The predicted molar refractivity (Wildman–Crippen MR) is 58.1 cm³/mol. The molecule has 0 aliphatic rings. The van der Waals surface area contributed by atoms with Crippen molar-refractivity contribution < 1.29 is 8.78 Å². The second kappa shape index (κ2) is 4.39. The monoisotopic (exact) mass is 219 g/mol.